The predicted octanol–water partition coefficient (Wildman–Crippen LogP) is 4.34. The minimum absolute atomic E-state index is 0. The highest BCUT2D eigenvalue weighted by Gasteiger charge is 2.24. The maximum Gasteiger partial charge on any atom is 0.223 e. The first-order chi connectivity index (χ1) is 10.6. The van der Waals surface area contributed by atoms with E-state index in [2.05, 4.69) is 17.1 Å². The van der Waals surface area contributed by atoms with Gasteiger partial charge in [-0.25, -0.2) is 0 Å². The summed E-state index contributed by atoms with van der Waals surface area (Å²) in [6.45, 7) is 4.97. The molecule has 1 aromatic rings. The molecule has 1 heterocycles. The number of hydrogen-bond acceptors (Lipinski definition) is 2. The summed E-state index contributed by atoms with van der Waals surface area (Å²) in [6, 6.07) is 5.85. The Bertz CT molecular complexity index is 505. The van der Waals surface area contributed by atoms with Gasteiger partial charge in [-0.1, -0.05) is 36.2 Å². The van der Waals surface area contributed by atoms with Gasteiger partial charge < -0.3 is 10.2 Å². The summed E-state index contributed by atoms with van der Waals surface area (Å²) in [5, 5.41) is 4.62. The maximum atomic E-state index is 12.6. The smallest absolute Gasteiger partial charge is 0.223 e. The van der Waals surface area contributed by atoms with Crippen LogP contribution < -0.4 is 5.32 Å². The second-order valence-corrected chi connectivity index (χ2v) is 6.65. The van der Waals surface area contributed by atoms with Crippen LogP contribution in [0.4, 0.5) is 0 Å². The number of nitrogens with zero attached hydrogens (tertiary/aromatic N) is 1. The van der Waals surface area contributed by atoms with E-state index in [4.69, 9.17) is 23.2 Å². The van der Waals surface area contributed by atoms with Crippen molar-refractivity contribution in [1.29, 1.82) is 0 Å². The fourth-order valence-corrected chi connectivity index (χ4v) is 3.48. The van der Waals surface area contributed by atoms with Crippen LogP contribution in [-0.2, 0) is 11.2 Å². The minimum atomic E-state index is 0. The van der Waals surface area contributed by atoms with Crippen molar-refractivity contribution in [2.45, 2.75) is 45.1 Å². The molecule has 1 aliphatic heterocycles. The number of benzene rings is 1. The number of amides is 1. The molecule has 0 bridgehead atoms. The lowest BCUT2D eigenvalue weighted by molar-refractivity contribution is -0.134. The fourth-order valence-electron chi connectivity index (χ4n) is 2.98. The van der Waals surface area contributed by atoms with E-state index in [1.165, 1.54) is 0 Å². The zero-order chi connectivity index (χ0) is 15.9. The second kappa shape index (κ2) is 10.4. The van der Waals surface area contributed by atoms with E-state index < -0.39 is 0 Å². The van der Waals surface area contributed by atoms with E-state index >= 15 is 0 Å². The van der Waals surface area contributed by atoms with Crippen LogP contribution in [0.15, 0.2) is 18.2 Å². The van der Waals surface area contributed by atoms with Gasteiger partial charge in [0.1, 0.15) is 0 Å². The molecule has 0 unspecified atom stereocenters. The van der Waals surface area contributed by atoms with E-state index in [0.717, 1.165) is 44.5 Å². The van der Waals surface area contributed by atoms with Crippen molar-refractivity contribution in [3.8, 4) is 0 Å². The third-order valence-electron chi connectivity index (χ3n) is 4.16. The zero-order valence-corrected chi connectivity index (χ0v) is 15.8. The molecule has 0 saturated carbocycles. The molecule has 3 nitrogen and oxygen atoms in total. The molecule has 0 aromatic heterocycles. The Morgan fingerprint density at radius 1 is 1.30 bits per heavy atom. The highest BCUT2D eigenvalue weighted by Crippen LogP contribution is 2.23. The van der Waals surface area contributed by atoms with Gasteiger partial charge in [0.05, 0.1) is 0 Å². The third-order valence-corrected chi connectivity index (χ3v) is 4.74. The second-order valence-electron chi connectivity index (χ2n) is 5.80. The number of piperidine rings is 1. The van der Waals surface area contributed by atoms with E-state index in [9.17, 15) is 4.79 Å². The van der Waals surface area contributed by atoms with E-state index in [1.807, 2.05) is 12.1 Å². The molecule has 6 heteroatoms. The summed E-state index contributed by atoms with van der Waals surface area (Å²) >= 11 is 12.1. The van der Waals surface area contributed by atoms with Crippen molar-refractivity contribution >= 4 is 41.5 Å². The summed E-state index contributed by atoms with van der Waals surface area (Å²) in [4.78, 5) is 14.7. The standard InChI is InChI=1S/C17H24Cl2N2O.ClH/c1-2-11-21(15-7-9-20-10-8-15)17(22)6-4-13-3-5-14(18)12-16(13)19;/h3,5,12,15,20H,2,4,6-11H2,1H3;1H. The molecule has 2 rings (SSSR count). The Balaban J connectivity index is 0.00000264. The van der Waals surface area contributed by atoms with Gasteiger partial charge in [0, 0.05) is 29.1 Å². The van der Waals surface area contributed by atoms with Crippen LogP contribution in [0, 0.1) is 0 Å². The van der Waals surface area contributed by atoms with Crippen LogP contribution in [0.5, 0.6) is 0 Å². The molecule has 0 atom stereocenters. The van der Waals surface area contributed by atoms with Gasteiger partial charge in [-0.15, -0.1) is 12.4 Å². The third kappa shape index (κ3) is 6.15. The first kappa shape index (κ1) is 20.6. The average Bonchev–Trinajstić information content (AvgIpc) is 2.52. The molecule has 130 valence electrons. The summed E-state index contributed by atoms with van der Waals surface area (Å²) in [6.07, 6.45) is 4.27. The van der Waals surface area contributed by atoms with E-state index in [0.29, 0.717) is 28.9 Å². The molecule has 0 radical (unpaired) electrons. The molecule has 1 aliphatic rings. The van der Waals surface area contributed by atoms with Gasteiger partial charge in [-0.2, -0.15) is 0 Å². The van der Waals surface area contributed by atoms with Crippen LogP contribution >= 0.6 is 35.6 Å². The Kier molecular flexibility index (Phi) is 9.30. The lowest BCUT2D eigenvalue weighted by atomic mass is 10.0. The number of nitrogens with one attached hydrogen (secondary N) is 1. The summed E-state index contributed by atoms with van der Waals surface area (Å²) in [7, 11) is 0. The quantitative estimate of drug-likeness (QED) is 0.797. The van der Waals surface area contributed by atoms with Gasteiger partial charge in [-0.05, 0) is 56.5 Å². The van der Waals surface area contributed by atoms with Gasteiger partial charge in [0.25, 0.3) is 0 Å². The van der Waals surface area contributed by atoms with E-state index in [1.54, 1.807) is 6.07 Å². The first-order valence-electron chi connectivity index (χ1n) is 8.06. The Morgan fingerprint density at radius 3 is 2.61 bits per heavy atom. The topological polar surface area (TPSA) is 32.3 Å². The van der Waals surface area contributed by atoms with Crippen molar-refractivity contribution in [1.82, 2.24) is 10.2 Å². The monoisotopic (exact) mass is 378 g/mol. The van der Waals surface area contributed by atoms with Crippen LogP contribution in [-0.4, -0.2) is 36.5 Å². The molecular weight excluding hydrogens is 355 g/mol. The summed E-state index contributed by atoms with van der Waals surface area (Å²) in [5.41, 5.74) is 0.987. The van der Waals surface area contributed by atoms with Gasteiger partial charge in [-0.3, -0.25) is 4.79 Å². The minimum Gasteiger partial charge on any atom is -0.340 e. The summed E-state index contributed by atoms with van der Waals surface area (Å²) < 4.78 is 0. The molecule has 0 spiro atoms. The van der Waals surface area contributed by atoms with Crippen molar-refractivity contribution in [2.24, 2.45) is 0 Å². The Morgan fingerprint density at radius 2 is 2.00 bits per heavy atom. The van der Waals surface area contributed by atoms with Crippen LogP contribution in [0.25, 0.3) is 0 Å². The highest BCUT2D eigenvalue weighted by atomic mass is 35.5. The normalized spacial score (nSPS) is 15.1. The molecule has 23 heavy (non-hydrogen) atoms. The SMILES string of the molecule is CCCN(C(=O)CCc1ccc(Cl)cc1Cl)C1CCNCC1.Cl. The number of carbonyl (C=O) groups is 1. The number of hydrogen-bond donors (Lipinski definition) is 1. The first-order valence-corrected chi connectivity index (χ1v) is 8.81. The zero-order valence-electron chi connectivity index (χ0n) is 13.5. The largest absolute Gasteiger partial charge is 0.340 e. The molecule has 1 amide bonds. The Labute approximate surface area is 155 Å². The average molecular weight is 380 g/mol. The van der Waals surface area contributed by atoms with Crippen molar-refractivity contribution in [2.75, 3.05) is 19.6 Å². The lowest BCUT2D eigenvalue weighted by Crippen LogP contribution is -2.46. The number of rotatable bonds is 6. The molecule has 1 fully saturated rings. The fraction of sp³-hybridized carbons (Fsp3) is 0.588. The molecule has 0 aliphatic carbocycles. The summed E-state index contributed by atoms with van der Waals surface area (Å²) in [5.74, 6) is 0.236. The van der Waals surface area contributed by atoms with Gasteiger partial charge in [0.15, 0.2) is 0 Å². The van der Waals surface area contributed by atoms with Gasteiger partial charge >= 0.3 is 0 Å². The molecule has 1 aromatic carbocycles. The number of aryl methyl sites for hydroxylation is 1. The molecule has 1 saturated heterocycles. The lowest BCUT2D eigenvalue weighted by Gasteiger charge is -2.34. The Hall–Kier alpha value is -0.480. The van der Waals surface area contributed by atoms with E-state index in [-0.39, 0.29) is 18.3 Å². The maximum absolute atomic E-state index is 12.6. The number of carbonyl (C=O) groups excluding carboxylic acids is 1. The van der Waals surface area contributed by atoms with Crippen LogP contribution in [0.2, 0.25) is 10.0 Å². The van der Waals surface area contributed by atoms with Crippen LogP contribution in [0.3, 0.4) is 0 Å². The predicted molar refractivity (Wildman–Crippen MR) is 99.9 cm³/mol. The van der Waals surface area contributed by atoms with Crippen molar-refractivity contribution in [3.05, 3.63) is 33.8 Å². The van der Waals surface area contributed by atoms with Crippen LogP contribution in [0.1, 0.15) is 38.2 Å². The number of halogens is 3. The van der Waals surface area contributed by atoms with Crippen molar-refractivity contribution < 1.29 is 4.79 Å². The van der Waals surface area contributed by atoms with Crippen molar-refractivity contribution in [3.63, 3.8) is 0 Å². The molecular formula is C17H25Cl3N2O. The molecule has 1 N–H and O–H groups in total. The van der Waals surface area contributed by atoms with Gasteiger partial charge in [0.2, 0.25) is 5.91 Å². The highest BCUT2D eigenvalue weighted by molar-refractivity contribution is 6.35.